The van der Waals surface area contributed by atoms with E-state index < -0.39 is 0 Å². The zero-order valence-electron chi connectivity index (χ0n) is 13.8. The molecule has 0 saturated carbocycles. The van der Waals surface area contributed by atoms with Crippen LogP contribution < -0.4 is 10.6 Å². The van der Waals surface area contributed by atoms with Crippen LogP contribution in [-0.4, -0.2) is 49.1 Å². The van der Waals surface area contributed by atoms with Crippen molar-refractivity contribution in [3.63, 3.8) is 0 Å². The predicted octanol–water partition coefficient (Wildman–Crippen LogP) is 2.69. The molecule has 0 aliphatic carbocycles. The Morgan fingerprint density at radius 1 is 1.35 bits per heavy atom. The van der Waals surface area contributed by atoms with Crippen molar-refractivity contribution in [1.82, 2.24) is 15.5 Å². The van der Waals surface area contributed by atoms with E-state index in [1.165, 1.54) is 25.9 Å². The number of piperidine rings is 1. The summed E-state index contributed by atoms with van der Waals surface area (Å²) in [5.41, 5.74) is 0.0562. The van der Waals surface area contributed by atoms with Gasteiger partial charge in [-0.3, -0.25) is 4.99 Å². The van der Waals surface area contributed by atoms with Gasteiger partial charge in [-0.05, 0) is 53.0 Å². The number of halogens is 1. The van der Waals surface area contributed by atoms with E-state index in [1.807, 2.05) is 0 Å². The molecular weight excluding hydrogens is 363 g/mol. The first-order valence-electron chi connectivity index (χ1n) is 7.69. The van der Waals surface area contributed by atoms with Crippen LogP contribution in [0.2, 0.25) is 0 Å². The van der Waals surface area contributed by atoms with Crippen LogP contribution in [0.25, 0.3) is 0 Å². The Balaban J connectivity index is 0.00000361. The zero-order valence-corrected chi connectivity index (χ0v) is 16.2. The molecule has 1 aliphatic rings. The Bertz CT molecular complexity index is 286. The molecule has 1 fully saturated rings. The van der Waals surface area contributed by atoms with Crippen molar-refractivity contribution < 1.29 is 0 Å². The lowest BCUT2D eigenvalue weighted by Gasteiger charge is -2.30. The van der Waals surface area contributed by atoms with Crippen LogP contribution in [0.1, 0.15) is 47.5 Å². The molecule has 0 aromatic carbocycles. The van der Waals surface area contributed by atoms with E-state index in [1.54, 1.807) is 0 Å². The summed E-state index contributed by atoms with van der Waals surface area (Å²) in [6, 6.07) is 0. The second-order valence-corrected chi connectivity index (χ2v) is 6.68. The largest absolute Gasteiger partial charge is 0.357 e. The van der Waals surface area contributed by atoms with Gasteiger partial charge >= 0.3 is 0 Å². The molecule has 120 valence electrons. The molecule has 5 heteroatoms. The molecule has 1 unspecified atom stereocenters. The van der Waals surface area contributed by atoms with Gasteiger partial charge in [-0.25, -0.2) is 0 Å². The maximum atomic E-state index is 4.67. The average molecular weight is 396 g/mol. The topological polar surface area (TPSA) is 39.7 Å². The lowest BCUT2D eigenvalue weighted by Crippen LogP contribution is -2.48. The molecule has 2 N–H and O–H groups in total. The summed E-state index contributed by atoms with van der Waals surface area (Å²) in [6.45, 7) is 16.3. The lowest BCUT2D eigenvalue weighted by molar-refractivity contribution is 0.189. The van der Waals surface area contributed by atoms with Crippen molar-refractivity contribution in [2.75, 3.05) is 32.7 Å². The second-order valence-electron chi connectivity index (χ2n) is 6.68. The Kier molecular flexibility index (Phi) is 9.80. The summed E-state index contributed by atoms with van der Waals surface area (Å²) < 4.78 is 0. The molecule has 0 spiro atoms. The smallest absolute Gasteiger partial charge is 0.191 e. The van der Waals surface area contributed by atoms with E-state index in [0.29, 0.717) is 0 Å². The van der Waals surface area contributed by atoms with Gasteiger partial charge in [0.1, 0.15) is 0 Å². The number of aliphatic imine (C=N–C) groups is 1. The van der Waals surface area contributed by atoms with Crippen LogP contribution in [-0.2, 0) is 0 Å². The number of nitrogens with zero attached hydrogens (tertiary/aromatic N) is 2. The molecule has 0 amide bonds. The monoisotopic (exact) mass is 396 g/mol. The van der Waals surface area contributed by atoms with Crippen molar-refractivity contribution in [3.8, 4) is 0 Å². The first kappa shape index (κ1) is 20.0. The van der Waals surface area contributed by atoms with Gasteiger partial charge in [0.2, 0.25) is 0 Å². The Morgan fingerprint density at radius 2 is 2.05 bits per heavy atom. The molecule has 1 aliphatic heterocycles. The quantitative estimate of drug-likeness (QED) is 0.436. The van der Waals surface area contributed by atoms with Crippen molar-refractivity contribution >= 4 is 29.9 Å². The number of hydrogen-bond acceptors (Lipinski definition) is 2. The first-order chi connectivity index (χ1) is 8.90. The van der Waals surface area contributed by atoms with E-state index in [9.17, 15) is 0 Å². The summed E-state index contributed by atoms with van der Waals surface area (Å²) >= 11 is 0. The van der Waals surface area contributed by atoms with Gasteiger partial charge in [0.25, 0.3) is 0 Å². The van der Waals surface area contributed by atoms with E-state index in [0.717, 1.165) is 31.5 Å². The van der Waals surface area contributed by atoms with Gasteiger partial charge < -0.3 is 15.5 Å². The molecule has 20 heavy (non-hydrogen) atoms. The van der Waals surface area contributed by atoms with Crippen molar-refractivity contribution in [1.29, 1.82) is 0 Å². The number of hydrogen-bond donors (Lipinski definition) is 2. The van der Waals surface area contributed by atoms with Gasteiger partial charge in [-0.15, -0.1) is 24.0 Å². The number of likely N-dealkylation sites (tertiary alicyclic amines) is 1. The van der Waals surface area contributed by atoms with Crippen molar-refractivity contribution in [2.24, 2.45) is 10.9 Å². The minimum absolute atomic E-state index is 0. The Morgan fingerprint density at radius 3 is 2.60 bits per heavy atom. The van der Waals surface area contributed by atoms with Crippen LogP contribution in [0, 0.1) is 5.92 Å². The van der Waals surface area contributed by atoms with E-state index >= 15 is 0 Å². The minimum Gasteiger partial charge on any atom is -0.357 e. The predicted molar refractivity (Wildman–Crippen MR) is 99.1 cm³/mol. The maximum Gasteiger partial charge on any atom is 0.191 e. The van der Waals surface area contributed by atoms with Gasteiger partial charge in [-0.1, -0.05) is 6.92 Å². The molecular formula is C15H33IN4. The summed E-state index contributed by atoms with van der Waals surface area (Å²) in [6.07, 6.45) is 2.72. The van der Waals surface area contributed by atoms with E-state index in [2.05, 4.69) is 55.1 Å². The SMILES string of the molecule is CCNC(=NCCN1CCCC(C)C1)NC(C)(C)C.I. The first-order valence-corrected chi connectivity index (χ1v) is 7.69. The fourth-order valence-electron chi connectivity index (χ4n) is 2.46. The van der Waals surface area contributed by atoms with Crippen molar-refractivity contribution in [2.45, 2.75) is 53.0 Å². The fraction of sp³-hybridized carbons (Fsp3) is 0.933. The molecule has 0 radical (unpaired) electrons. The normalized spacial score (nSPS) is 21.2. The molecule has 0 bridgehead atoms. The zero-order chi connectivity index (χ0) is 14.3. The van der Waals surface area contributed by atoms with Crippen LogP contribution in [0.4, 0.5) is 0 Å². The lowest BCUT2D eigenvalue weighted by atomic mass is 10.0. The maximum absolute atomic E-state index is 4.67. The van der Waals surface area contributed by atoms with Crippen LogP contribution >= 0.6 is 24.0 Å². The van der Waals surface area contributed by atoms with E-state index in [-0.39, 0.29) is 29.5 Å². The van der Waals surface area contributed by atoms with Gasteiger partial charge in [0.05, 0.1) is 6.54 Å². The van der Waals surface area contributed by atoms with Gasteiger partial charge in [0, 0.05) is 25.2 Å². The third-order valence-corrected chi connectivity index (χ3v) is 3.26. The number of guanidine groups is 1. The van der Waals surface area contributed by atoms with Crippen LogP contribution in [0.5, 0.6) is 0 Å². The highest BCUT2D eigenvalue weighted by Crippen LogP contribution is 2.14. The highest BCUT2D eigenvalue weighted by atomic mass is 127. The van der Waals surface area contributed by atoms with Crippen LogP contribution in [0.3, 0.4) is 0 Å². The molecule has 1 heterocycles. The Hall–Kier alpha value is -0.0400. The summed E-state index contributed by atoms with van der Waals surface area (Å²) in [4.78, 5) is 7.21. The summed E-state index contributed by atoms with van der Waals surface area (Å²) in [5.74, 6) is 1.78. The highest BCUT2D eigenvalue weighted by molar-refractivity contribution is 14.0. The molecule has 1 atom stereocenters. The van der Waals surface area contributed by atoms with Crippen LogP contribution in [0.15, 0.2) is 4.99 Å². The summed E-state index contributed by atoms with van der Waals surface area (Å²) in [5, 5.41) is 6.73. The standard InChI is InChI=1S/C15H32N4.HI/c1-6-16-14(18-15(3,4)5)17-9-11-19-10-7-8-13(2)12-19;/h13H,6-12H2,1-5H3,(H2,16,17,18);1H. The highest BCUT2D eigenvalue weighted by Gasteiger charge is 2.16. The molecule has 1 rings (SSSR count). The minimum atomic E-state index is 0. The number of nitrogens with one attached hydrogen (secondary N) is 2. The molecule has 1 saturated heterocycles. The third kappa shape index (κ3) is 9.00. The number of rotatable bonds is 4. The third-order valence-electron chi connectivity index (χ3n) is 3.26. The molecule has 4 nitrogen and oxygen atoms in total. The van der Waals surface area contributed by atoms with Gasteiger partial charge in [-0.2, -0.15) is 0 Å². The second kappa shape index (κ2) is 9.82. The fourth-order valence-corrected chi connectivity index (χ4v) is 2.46. The molecule has 0 aromatic rings. The van der Waals surface area contributed by atoms with E-state index in [4.69, 9.17) is 0 Å². The average Bonchev–Trinajstić information content (AvgIpc) is 2.27. The van der Waals surface area contributed by atoms with Crippen molar-refractivity contribution in [3.05, 3.63) is 0 Å². The summed E-state index contributed by atoms with van der Waals surface area (Å²) in [7, 11) is 0. The van der Waals surface area contributed by atoms with Gasteiger partial charge in [0.15, 0.2) is 5.96 Å². The molecule has 0 aromatic heterocycles. The Labute approximate surface area is 142 Å².